The molecular formula is C17H28O3. The number of aliphatic carboxylic acids is 1. The molecule has 3 fully saturated rings. The highest BCUT2D eigenvalue weighted by Gasteiger charge is 2.55. The SMILES string of the molecule is CC.CC/C=C1\CCC23COC(C2)C(C(=O)O)CCC13. The summed E-state index contributed by atoms with van der Waals surface area (Å²) in [7, 11) is 0. The number of allylic oxidation sites excluding steroid dienone is 2. The van der Waals surface area contributed by atoms with Crippen LogP contribution in [0, 0.1) is 17.3 Å². The third-order valence-electron chi connectivity index (χ3n) is 5.29. The molecule has 0 aromatic carbocycles. The van der Waals surface area contributed by atoms with E-state index < -0.39 is 5.97 Å². The molecule has 1 saturated heterocycles. The lowest BCUT2D eigenvalue weighted by atomic mass is 9.75. The molecular weight excluding hydrogens is 252 g/mol. The van der Waals surface area contributed by atoms with Gasteiger partial charge in [0.25, 0.3) is 0 Å². The molecule has 20 heavy (non-hydrogen) atoms. The van der Waals surface area contributed by atoms with Crippen LogP contribution in [0.4, 0.5) is 0 Å². The topological polar surface area (TPSA) is 46.5 Å². The van der Waals surface area contributed by atoms with Crippen LogP contribution >= 0.6 is 0 Å². The van der Waals surface area contributed by atoms with Gasteiger partial charge in [-0.15, -0.1) is 0 Å². The molecule has 1 N–H and O–H groups in total. The van der Waals surface area contributed by atoms with Crippen molar-refractivity contribution in [1.29, 1.82) is 0 Å². The molecule has 0 aromatic heterocycles. The first kappa shape index (κ1) is 15.6. The van der Waals surface area contributed by atoms with Crippen molar-refractivity contribution in [3.63, 3.8) is 0 Å². The van der Waals surface area contributed by atoms with Crippen LogP contribution in [0.1, 0.15) is 59.3 Å². The third-order valence-corrected chi connectivity index (χ3v) is 5.29. The maximum Gasteiger partial charge on any atom is 0.309 e. The molecule has 1 aliphatic heterocycles. The number of carbonyl (C=O) groups is 1. The zero-order valence-electron chi connectivity index (χ0n) is 13.0. The van der Waals surface area contributed by atoms with Crippen molar-refractivity contribution in [3.05, 3.63) is 11.6 Å². The van der Waals surface area contributed by atoms with Gasteiger partial charge in [-0.3, -0.25) is 4.79 Å². The summed E-state index contributed by atoms with van der Waals surface area (Å²) in [6.07, 6.45) is 8.63. The molecule has 3 rings (SSSR count). The first-order valence-corrected chi connectivity index (χ1v) is 8.19. The Labute approximate surface area is 122 Å². The fourth-order valence-electron chi connectivity index (χ4n) is 4.41. The van der Waals surface area contributed by atoms with Crippen LogP contribution in [0.2, 0.25) is 0 Å². The second-order valence-electron chi connectivity index (χ2n) is 6.18. The van der Waals surface area contributed by atoms with E-state index in [4.69, 9.17) is 4.74 Å². The summed E-state index contributed by atoms with van der Waals surface area (Å²) in [6.45, 7) is 6.97. The van der Waals surface area contributed by atoms with E-state index in [0.717, 1.165) is 32.3 Å². The third kappa shape index (κ3) is 2.52. The molecule has 3 heteroatoms. The molecule has 1 spiro atoms. The van der Waals surface area contributed by atoms with Gasteiger partial charge in [-0.2, -0.15) is 0 Å². The van der Waals surface area contributed by atoms with Gasteiger partial charge in [0.15, 0.2) is 0 Å². The van der Waals surface area contributed by atoms with Crippen LogP contribution in [0.25, 0.3) is 0 Å². The molecule has 114 valence electrons. The highest BCUT2D eigenvalue weighted by Crippen LogP contribution is 2.58. The largest absolute Gasteiger partial charge is 0.481 e. The number of carboxylic acid groups (broad SMARTS) is 1. The van der Waals surface area contributed by atoms with E-state index >= 15 is 0 Å². The van der Waals surface area contributed by atoms with E-state index in [1.165, 1.54) is 12.8 Å². The van der Waals surface area contributed by atoms with Crippen molar-refractivity contribution in [2.75, 3.05) is 6.61 Å². The molecule has 3 aliphatic rings. The highest BCUT2D eigenvalue weighted by molar-refractivity contribution is 5.71. The molecule has 4 unspecified atom stereocenters. The lowest BCUT2D eigenvalue weighted by molar-refractivity contribution is -0.146. The van der Waals surface area contributed by atoms with Crippen LogP contribution < -0.4 is 0 Å². The fraction of sp³-hybridized carbons (Fsp3) is 0.824. The maximum atomic E-state index is 11.3. The van der Waals surface area contributed by atoms with Gasteiger partial charge in [-0.1, -0.05) is 32.4 Å². The predicted octanol–water partition coefficient (Wildman–Crippen LogP) is 4.03. The summed E-state index contributed by atoms with van der Waals surface area (Å²) in [6, 6.07) is 0. The first-order chi connectivity index (χ1) is 9.66. The van der Waals surface area contributed by atoms with E-state index in [2.05, 4.69) is 13.0 Å². The number of rotatable bonds is 2. The average Bonchev–Trinajstić information content (AvgIpc) is 2.94. The molecule has 4 atom stereocenters. The molecule has 0 aromatic rings. The molecule has 2 bridgehead atoms. The van der Waals surface area contributed by atoms with E-state index in [9.17, 15) is 9.90 Å². The maximum absolute atomic E-state index is 11.3. The molecule has 0 radical (unpaired) electrons. The van der Waals surface area contributed by atoms with Gasteiger partial charge in [-0.05, 0) is 44.4 Å². The van der Waals surface area contributed by atoms with Crippen LogP contribution in [-0.4, -0.2) is 23.8 Å². The summed E-state index contributed by atoms with van der Waals surface area (Å²) in [5.41, 5.74) is 1.85. The zero-order chi connectivity index (χ0) is 14.8. The Bertz CT molecular complexity index is 388. The lowest BCUT2D eigenvalue weighted by Crippen LogP contribution is -2.27. The van der Waals surface area contributed by atoms with Gasteiger partial charge in [0, 0.05) is 5.41 Å². The minimum Gasteiger partial charge on any atom is -0.481 e. The van der Waals surface area contributed by atoms with E-state index in [0.29, 0.717) is 5.92 Å². The number of hydrogen-bond donors (Lipinski definition) is 1. The van der Waals surface area contributed by atoms with Crippen molar-refractivity contribution >= 4 is 5.97 Å². The molecule has 2 aliphatic carbocycles. The number of hydrogen-bond acceptors (Lipinski definition) is 2. The van der Waals surface area contributed by atoms with Crippen LogP contribution in [-0.2, 0) is 9.53 Å². The predicted molar refractivity (Wildman–Crippen MR) is 79.6 cm³/mol. The van der Waals surface area contributed by atoms with Crippen molar-refractivity contribution in [2.24, 2.45) is 17.3 Å². The number of carboxylic acids is 1. The monoisotopic (exact) mass is 280 g/mol. The van der Waals surface area contributed by atoms with Crippen molar-refractivity contribution < 1.29 is 14.6 Å². The first-order valence-electron chi connectivity index (χ1n) is 8.19. The number of fused-ring (bicyclic) bond motifs is 1. The summed E-state index contributed by atoms with van der Waals surface area (Å²) in [4.78, 5) is 11.3. The van der Waals surface area contributed by atoms with Crippen molar-refractivity contribution in [3.8, 4) is 0 Å². The van der Waals surface area contributed by atoms with E-state index in [-0.39, 0.29) is 17.4 Å². The summed E-state index contributed by atoms with van der Waals surface area (Å²) < 4.78 is 5.85. The van der Waals surface area contributed by atoms with Crippen molar-refractivity contribution in [1.82, 2.24) is 0 Å². The van der Waals surface area contributed by atoms with Gasteiger partial charge in [0.1, 0.15) is 0 Å². The average molecular weight is 280 g/mol. The summed E-state index contributed by atoms with van der Waals surface area (Å²) >= 11 is 0. The zero-order valence-corrected chi connectivity index (χ0v) is 13.0. The Balaban J connectivity index is 0.000000704. The Kier molecular flexibility index (Phi) is 4.90. The van der Waals surface area contributed by atoms with Crippen molar-refractivity contribution in [2.45, 2.75) is 65.4 Å². The lowest BCUT2D eigenvalue weighted by Gasteiger charge is -2.29. The van der Waals surface area contributed by atoms with Gasteiger partial charge in [0.05, 0.1) is 18.6 Å². The van der Waals surface area contributed by atoms with Crippen LogP contribution in [0.3, 0.4) is 0 Å². The molecule has 0 amide bonds. The highest BCUT2D eigenvalue weighted by atomic mass is 16.5. The Morgan fingerprint density at radius 3 is 2.85 bits per heavy atom. The van der Waals surface area contributed by atoms with Gasteiger partial charge in [0.2, 0.25) is 0 Å². The molecule has 3 nitrogen and oxygen atoms in total. The van der Waals surface area contributed by atoms with Gasteiger partial charge >= 0.3 is 5.97 Å². The Morgan fingerprint density at radius 1 is 1.45 bits per heavy atom. The second kappa shape index (κ2) is 6.30. The summed E-state index contributed by atoms with van der Waals surface area (Å²) in [5.74, 6) is -0.359. The smallest absolute Gasteiger partial charge is 0.309 e. The van der Waals surface area contributed by atoms with Gasteiger partial charge in [-0.25, -0.2) is 0 Å². The quantitative estimate of drug-likeness (QED) is 0.777. The minimum absolute atomic E-state index is 0.0338. The fourth-order valence-corrected chi connectivity index (χ4v) is 4.41. The van der Waals surface area contributed by atoms with Gasteiger partial charge < -0.3 is 9.84 Å². The van der Waals surface area contributed by atoms with E-state index in [1.54, 1.807) is 5.57 Å². The second-order valence-corrected chi connectivity index (χ2v) is 6.18. The van der Waals surface area contributed by atoms with Crippen LogP contribution in [0.5, 0.6) is 0 Å². The standard InChI is InChI=1S/C15H22O3.C2H6/c1-2-3-10-6-7-15-8-13(18-9-15)11(14(16)17)4-5-12(10)15;1-2/h3,11-13H,2,4-9H2,1H3,(H,16,17);1-2H3/b10-3+;. The van der Waals surface area contributed by atoms with Crippen LogP contribution in [0.15, 0.2) is 11.6 Å². The number of ether oxygens (including phenoxy) is 1. The Morgan fingerprint density at radius 2 is 2.20 bits per heavy atom. The normalized spacial score (nSPS) is 40.8. The minimum atomic E-state index is -0.668. The summed E-state index contributed by atoms with van der Waals surface area (Å²) in [5, 5.41) is 9.32. The molecule has 2 saturated carbocycles. The molecule has 1 heterocycles. The Hall–Kier alpha value is -0.830. The van der Waals surface area contributed by atoms with E-state index in [1.807, 2.05) is 13.8 Å².